The van der Waals surface area contributed by atoms with Crippen LogP contribution in [0.15, 0.2) is 62.0 Å². The fourth-order valence-corrected chi connectivity index (χ4v) is 6.82. The third kappa shape index (κ3) is 5.29. The standard InChI is InChI=1S/C26H23BrN4O4S2/c1-35-19-12-15(11-18(27)23(19)33)13-28-30-21(32)14-36-26-29-24-22(17-9-5-6-10-20(17)37-24)25(34)31(26)16-7-3-2-4-8-16/h2-4,7-8,11-13,33H,5-6,9-10,14H2,1H3,(H,30,32)/b28-13-. The molecule has 0 unspecified atom stereocenters. The van der Waals surface area contributed by atoms with Crippen LogP contribution in [-0.2, 0) is 17.6 Å². The van der Waals surface area contributed by atoms with E-state index >= 15 is 0 Å². The summed E-state index contributed by atoms with van der Waals surface area (Å²) < 4.78 is 7.18. The summed E-state index contributed by atoms with van der Waals surface area (Å²) >= 11 is 6.04. The monoisotopic (exact) mass is 598 g/mol. The Kier molecular flexibility index (Phi) is 7.63. The van der Waals surface area contributed by atoms with Gasteiger partial charge in [-0.1, -0.05) is 30.0 Å². The fourth-order valence-electron chi connectivity index (χ4n) is 4.25. The molecule has 0 fully saturated rings. The van der Waals surface area contributed by atoms with Crippen molar-refractivity contribution in [3.05, 3.63) is 73.3 Å². The van der Waals surface area contributed by atoms with E-state index in [1.54, 1.807) is 28.0 Å². The second-order valence-corrected chi connectivity index (χ2v) is 11.3. The van der Waals surface area contributed by atoms with Gasteiger partial charge in [-0.25, -0.2) is 10.4 Å². The van der Waals surface area contributed by atoms with Gasteiger partial charge in [0.1, 0.15) is 4.83 Å². The number of carbonyl (C=O) groups excluding carboxylic acids is 1. The van der Waals surface area contributed by atoms with E-state index in [4.69, 9.17) is 9.72 Å². The van der Waals surface area contributed by atoms with Gasteiger partial charge in [-0.3, -0.25) is 14.2 Å². The number of para-hydroxylation sites is 1. The average Bonchev–Trinajstić information content (AvgIpc) is 3.28. The lowest BCUT2D eigenvalue weighted by Crippen LogP contribution is -2.24. The van der Waals surface area contributed by atoms with E-state index in [0.717, 1.165) is 36.1 Å². The van der Waals surface area contributed by atoms with E-state index in [1.807, 2.05) is 30.3 Å². The molecule has 5 rings (SSSR count). The molecule has 1 aliphatic carbocycles. The lowest BCUT2D eigenvalue weighted by molar-refractivity contribution is -0.118. The highest BCUT2D eigenvalue weighted by atomic mass is 79.9. The Labute approximate surface area is 229 Å². The number of aryl methyl sites for hydroxylation is 2. The lowest BCUT2D eigenvalue weighted by atomic mass is 9.97. The minimum Gasteiger partial charge on any atom is -0.503 e. The Hall–Kier alpha value is -3.15. The average molecular weight is 600 g/mol. The van der Waals surface area contributed by atoms with E-state index in [0.29, 0.717) is 26.3 Å². The number of carbonyl (C=O) groups is 1. The maximum absolute atomic E-state index is 13.7. The van der Waals surface area contributed by atoms with Crippen molar-refractivity contribution in [2.75, 3.05) is 12.9 Å². The molecule has 37 heavy (non-hydrogen) atoms. The lowest BCUT2D eigenvalue weighted by Gasteiger charge is -2.13. The maximum atomic E-state index is 13.7. The zero-order valence-corrected chi connectivity index (χ0v) is 23.1. The zero-order chi connectivity index (χ0) is 25.9. The summed E-state index contributed by atoms with van der Waals surface area (Å²) in [5.41, 5.74) is 4.88. The number of thioether (sulfide) groups is 1. The van der Waals surface area contributed by atoms with Gasteiger partial charge in [0.25, 0.3) is 11.5 Å². The predicted molar refractivity (Wildman–Crippen MR) is 151 cm³/mol. The maximum Gasteiger partial charge on any atom is 0.267 e. The van der Waals surface area contributed by atoms with E-state index in [2.05, 4.69) is 26.5 Å². The number of halogens is 1. The first-order valence-electron chi connectivity index (χ1n) is 11.6. The minimum absolute atomic E-state index is 0.0133. The van der Waals surface area contributed by atoms with Crippen LogP contribution in [0.1, 0.15) is 28.8 Å². The molecule has 2 heterocycles. The number of hydrogen-bond donors (Lipinski definition) is 2. The van der Waals surface area contributed by atoms with Gasteiger partial charge in [-0.15, -0.1) is 11.3 Å². The number of nitrogens with zero attached hydrogens (tertiary/aromatic N) is 3. The number of rotatable bonds is 7. The second-order valence-electron chi connectivity index (χ2n) is 8.40. The van der Waals surface area contributed by atoms with Crippen molar-refractivity contribution >= 4 is 61.4 Å². The molecule has 0 radical (unpaired) electrons. The number of hydrazone groups is 1. The zero-order valence-electron chi connectivity index (χ0n) is 19.9. The first-order chi connectivity index (χ1) is 18.0. The molecule has 2 aromatic carbocycles. The van der Waals surface area contributed by atoms with Crippen molar-refractivity contribution < 1.29 is 14.6 Å². The molecule has 190 valence electrons. The molecular weight excluding hydrogens is 576 g/mol. The summed E-state index contributed by atoms with van der Waals surface area (Å²) in [5, 5.41) is 15.1. The first-order valence-corrected chi connectivity index (χ1v) is 14.2. The number of benzene rings is 2. The van der Waals surface area contributed by atoms with Crippen LogP contribution < -0.4 is 15.7 Å². The minimum atomic E-state index is -0.342. The Morgan fingerprint density at radius 3 is 2.86 bits per heavy atom. The number of thiophene rings is 1. The van der Waals surface area contributed by atoms with Crippen molar-refractivity contribution in [2.45, 2.75) is 30.8 Å². The molecule has 0 bridgehead atoms. The highest BCUT2D eigenvalue weighted by Crippen LogP contribution is 2.36. The number of fused-ring (bicyclic) bond motifs is 3. The number of aromatic nitrogens is 2. The van der Waals surface area contributed by atoms with Gasteiger partial charge in [-0.2, -0.15) is 5.10 Å². The van der Waals surface area contributed by atoms with Crippen molar-refractivity contribution in [1.82, 2.24) is 15.0 Å². The number of amides is 1. The topological polar surface area (TPSA) is 106 Å². The summed E-state index contributed by atoms with van der Waals surface area (Å²) in [5.74, 6) is -0.0464. The van der Waals surface area contributed by atoms with Gasteiger partial charge < -0.3 is 9.84 Å². The Balaban J connectivity index is 1.38. The van der Waals surface area contributed by atoms with Crippen LogP contribution in [0, 0.1) is 0 Å². The van der Waals surface area contributed by atoms with Crippen LogP contribution in [0.3, 0.4) is 0 Å². The summed E-state index contributed by atoms with van der Waals surface area (Å²) in [6.07, 6.45) is 5.54. The number of hydrogen-bond acceptors (Lipinski definition) is 8. The highest BCUT2D eigenvalue weighted by molar-refractivity contribution is 9.10. The fraction of sp³-hybridized carbons (Fsp3) is 0.231. The number of methoxy groups -OCH3 is 1. The van der Waals surface area contributed by atoms with Crippen LogP contribution in [0.2, 0.25) is 0 Å². The van der Waals surface area contributed by atoms with Crippen LogP contribution in [0.5, 0.6) is 11.5 Å². The van der Waals surface area contributed by atoms with E-state index < -0.39 is 0 Å². The molecule has 4 aromatic rings. The number of aromatic hydroxyl groups is 1. The van der Waals surface area contributed by atoms with Crippen molar-refractivity contribution in [3.8, 4) is 17.2 Å². The van der Waals surface area contributed by atoms with Crippen LogP contribution in [0.25, 0.3) is 15.9 Å². The molecular formula is C26H23BrN4O4S2. The summed E-state index contributed by atoms with van der Waals surface area (Å²) in [6, 6.07) is 12.6. The summed E-state index contributed by atoms with van der Waals surface area (Å²) in [6.45, 7) is 0. The highest BCUT2D eigenvalue weighted by Gasteiger charge is 2.23. The first kappa shape index (κ1) is 25.5. The molecule has 11 heteroatoms. The van der Waals surface area contributed by atoms with Gasteiger partial charge >= 0.3 is 0 Å². The molecule has 1 aliphatic rings. The van der Waals surface area contributed by atoms with E-state index in [9.17, 15) is 14.7 Å². The third-order valence-electron chi connectivity index (χ3n) is 5.98. The molecule has 2 N–H and O–H groups in total. The van der Waals surface area contributed by atoms with Gasteiger partial charge in [0.15, 0.2) is 16.7 Å². The largest absolute Gasteiger partial charge is 0.503 e. The van der Waals surface area contributed by atoms with Gasteiger partial charge in [-0.05, 0) is 77.0 Å². The summed E-state index contributed by atoms with van der Waals surface area (Å²) in [4.78, 5) is 33.1. The molecule has 1 amide bonds. The van der Waals surface area contributed by atoms with Crippen LogP contribution in [-0.4, -0.2) is 39.6 Å². The summed E-state index contributed by atoms with van der Waals surface area (Å²) in [7, 11) is 1.45. The molecule has 8 nitrogen and oxygen atoms in total. The Morgan fingerprint density at radius 2 is 2.08 bits per heavy atom. The van der Waals surface area contributed by atoms with Crippen molar-refractivity contribution in [3.63, 3.8) is 0 Å². The number of ether oxygens (including phenoxy) is 1. The third-order valence-corrected chi connectivity index (χ3v) is 8.71. The predicted octanol–water partition coefficient (Wildman–Crippen LogP) is 5.05. The van der Waals surface area contributed by atoms with Crippen molar-refractivity contribution in [2.24, 2.45) is 5.10 Å². The number of nitrogens with one attached hydrogen (secondary N) is 1. The molecule has 2 aromatic heterocycles. The SMILES string of the molecule is COc1cc(/C=N\NC(=O)CSc2nc3sc4c(c3c(=O)n2-c2ccccc2)CCCC4)cc(Br)c1O. The van der Waals surface area contributed by atoms with Crippen LogP contribution >= 0.6 is 39.0 Å². The smallest absolute Gasteiger partial charge is 0.267 e. The molecule has 0 aliphatic heterocycles. The van der Waals surface area contributed by atoms with Gasteiger partial charge in [0.05, 0.1) is 34.6 Å². The van der Waals surface area contributed by atoms with Crippen molar-refractivity contribution in [1.29, 1.82) is 0 Å². The second kappa shape index (κ2) is 11.1. The molecule has 0 saturated heterocycles. The quantitative estimate of drug-likeness (QED) is 0.133. The van der Waals surface area contributed by atoms with E-state index in [1.165, 1.54) is 30.0 Å². The normalized spacial score (nSPS) is 13.1. The number of phenols is 1. The van der Waals surface area contributed by atoms with Crippen LogP contribution in [0.4, 0.5) is 0 Å². The van der Waals surface area contributed by atoms with Gasteiger partial charge in [0, 0.05) is 4.88 Å². The molecule has 0 saturated carbocycles. The van der Waals surface area contributed by atoms with E-state index in [-0.39, 0.29) is 28.7 Å². The van der Waals surface area contributed by atoms with Gasteiger partial charge in [0.2, 0.25) is 0 Å². The molecule has 0 spiro atoms. The Morgan fingerprint density at radius 1 is 1.30 bits per heavy atom. The molecule has 0 atom stereocenters. The number of phenolic OH excluding ortho intramolecular Hbond substituents is 1. The Bertz CT molecular complexity index is 1570.